The predicted molar refractivity (Wildman–Crippen MR) is 72.4 cm³/mol. The summed E-state index contributed by atoms with van der Waals surface area (Å²) in [5.74, 6) is -2.24. The van der Waals surface area contributed by atoms with Crippen molar-refractivity contribution in [2.24, 2.45) is 0 Å². The molecule has 1 unspecified atom stereocenters. The summed E-state index contributed by atoms with van der Waals surface area (Å²) in [7, 11) is 0. The normalized spacial score (nSPS) is 14.0. The topological polar surface area (TPSA) is 49.3 Å². The van der Waals surface area contributed by atoms with Crippen LogP contribution in [0.1, 0.15) is 22.8 Å². The van der Waals surface area contributed by atoms with Gasteiger partial charge in [0.1, 0.15) is 17.2 Å². The van der Waals surface area contributed by atoms with Crippen molar-refractivity contribution in [2.45, 2.75) is 19.4 Å². The fraction of sp³-hybridized carbons (Fsp3) is 0.462. The van der Waals surface area contributed by atoms with Gasteiger partial charge in [-0.2, -0.15) is 11.8 Å². The second kappa shape index (κ2) is 6.34. The Kier molecular flexibility index (Phi) is 5.31. The lowest BCUT2D eigenvalue weighted by Gasteiger charge is -2.22. The minimum absolute atomic E-state index is 0.0699. The molecule has 2 N–H and O–H groups in total. The zero-order valence-corrected chi connectivity index (χ0v) is 11.9. The molecule has 0 saturated carbocycles. The number of halogens is 2. The highest BCUT2D eigenvalue weighted by Gasteiger charge is 2.24. The standard InChI is InChI=1S/C13H17F2NO2S/c1-8-4-5-9(14)10(11(8)15)12(17)16-6-13(2,18)7-19-3/h4-5,18H,6-7H2,1-3H3,(H,16,17). The maximum absolute atomic E-state index is 13.7. The fourth-order valence-electron chi connectivity index (χ4n) is 1.59. The molecule has 0 radical (unpaired) electrons. The molecule has 0 fully saturated rings. The van der Waals surface area contributed by atoms with Crippen molar-refractivity contribution in [2.75, 3.05) is 18.6 Å². The Hall–Kier alpha value is -1.14. The summed E-state index contributed by atoms with van der Waals surface area (Å²) in [5, 5.41) is 12.2. The largest absolute Gasteiger partial charge is 0.387 e. The zero-order chi connectivity index (χ0) is 14.6. The summed E-state index contributed by atoms with van der Waals surface area (Å²) < 4.78 is 27.2. The molecule has 0 bridgehead atoms. The number of carbonyl (C=O) groups is 1. The number of thioether (sulfide) groups is 1. The highest BCUT2D eigenvalue weighted by Crippen LogP contribution is 2.16. The molecule has 19 heavy (non-hydrogen) atoms. The van der Waals surface area contributed by atoms with E-state index in [2.05, 4.69) is 5.32 Å². The summed E-state index contributed by atoms with van der Waals surface area (Å²) in [6.07, 6.45) is 1.82. The third kappa shape index (κ3) is 4.18. The van der Waals surface area contributed by atoms with Gasteiger partial charge in [0.05, 0.1) is 5.60 Å². The number of nitrogens with one attached hydrogen (secondary N) is 1. The van der Waals surface area contributed by atoms with E-state index in [1.54, 1.807) is 6.92 Å². The number of hydrogen-bond acceptors (Lipinski definition) is 3. The van der Waals surface area contributed by atoms with E-state index in [1.807, 2.05) is 6.26 Å². The Morgan fingerprint density at radius 3 is 2.68 bits per heavy atom. The lowest BCUT2D eigenvalue weighted by molar-refractivity contribution is 0.0720. The number of aryl methyl sites for hydroxylation is 1. The first kappa shape index (κ1) is 15.9. The quantitative estimate of drug-likeness (QED) is 0.873. The van der Waals surface area contributed by atoms with E-state index >= 15 is 0 Å². The molecule has 106 valence electrons. The molecule has 0 spiro atoms. The Morgan fingerprint density at radius 1 is 1.47 bits per heavy atom. The van der Waals surface area contributed by atoms with Crippen LogP contribution in [-0.4, -0.2) is 35.2 Å². The van der Waals surface area contributed by atoms with Crippen molar-refractivity contribution < 1.29 is 18.7 Å². The SMILES string of the molecule is CSCC(C)(O)CNC(=O)c1c(F)ccc(C)c1F. The predicted octanol–water partition coefficient (Wildman–Crippen LogP) is 2.12. The van der Waals surface area contributed by atoms with Crippen molar-refractivity contribution in [3.05, 3.63) is 34.9 Å². The Morgan fingerprint density at radius 2 is 2.11 bits per heavy atom. The van der Waals surface area contributed by atoms with Crippen LogP contribution in [0.3, 0.4) is 0 Å². The van der Waals surface area contributed by atoms with Crippen molar-refractivity contribution in [1.29, 1.82) is 0 Å². The lowest BCUT2D eigenvalue weighted by Crippen LogP contribution is -2.42. The molecule has 1 rings (SSSR count). The average molecular weight is 289 g/mol. The molecule has 0 aromatic heterocycles. The van der Waals surface area contributed by atoms with Gasteiger partial charge in [0.15, 0.2) is 0 Å². The van der Waals surface area contributed by atoms with Crippen LogP contribution in [0.25, 0.3) is 0 Å². The first-order valence-electron chi connectivity index (χ1n) is 5.72. The van der Waals surface area contributed by atoms with Gasteiger partial charge in [0.25, 0.3) is 5.91 Å². The minimum Gasteiger partial charge on any atom is -0.387 e. The number of carbonyl (C=O) groups excluding carboxylic acids is 1. The van der Waals surface area contributed by atoms with Gasteiger partial charge in [0.2, 0.25) is 0 Å². The van der Waals surface area contributed by atoms with Crippen LogP contribution in [0.5, 0.6) is 0 Å². The molecule has 0 aliphatic carbocycles. The van der Waals surface area contributed by atoms with E-state index in [0.29, 0.717) is 5.75 Å². The smallest absolute Gasteiger partial charge is 0.257 e. The number of aliphatic hydroxyl groups is 1. The summed E-state index contributed by atoms with van der Waals surface area (Å²) in [4.78, 5) is 11.8. The van der Waals surface area contributed by atoms with E-state index in [4.69, 9.17) is 0 Å². The highest BCUT2D eigenvalue weighted by atomic mass is 32.2. The van der Waals surface area contributed by atoms with Crippen molar-refractivity contribution in [1.82, 2.24) is 5.32 Å². The lowest BCUT2D eigenvalue weighted by atomic mass is 10.1. The van der Waals surface area contributed by atoms with Crippen LogP contribution in [0.4, 0.5) is 8.78 Å². The molecule has 0 aliphatic heterocycles. The van der Waals surface area contributed by atoms with Crippen LogP contribution in [0, 0.1) is 18.6 Å². The van der Waals surface area contributed by atoms with Gasteiger partial charge in [-0.15, -0.1) is 0 Å². The molecular formula is C13H17F2NO2S. The van der Waals surface area contributed by atoms with Crippen LogP contribution in [0.2, 0.25) is 0 Å². The molecule has 1 aromatic rings. The van der Waals surface area contributed by atoms with Crippen LogP contribution in [-0.2, 0) is 0 Å². The van der Waals surface area contributed by atoms with Gasteiger partial charge in [0, 0.05) is 12.3 Å². The van der Waals surface area contributed by atoms with Crippen LogP contribution in [0.15, 0.2) is 12.1 Å². The van der Waals surface area contributed by atoms with Crippen LogP contribution >= 0.6 is 11.8 Å². The second-order valence-corrected chi connectivity index (χ2v) is 5.53. The Balaban J connectivity index is 2.83. The molecule has 3 nitrogen and oxygen atoms in total. The second-order valence-electron chi connectivity index (χ2n) is 4.67. The Bertz CT molecular complexity index is 478. The summed E-state index contributed by atoms with van der Waals surface area (Å²) >= 11 is 1.42. The first-order chi connectivity index (χ1) is 8.78. The van der Waals surface area contributed by atoms with E-state index in [9.17, 15) is 18.7 Å². The molecule has 1 atom stereocenters. The maximum atomic E-state index is 13.7. The zero-order valence-electron chi connectivity index (χ0n) is 11.1. The third-order valence-electron chi connectivity index (χ3n) is 2.60. The summed E-state index contributed by atoms with van der Waals surface area (Å²) in [6.45, 7) is 2.93. The average Bonchev–Trinajstić information content (AvgIpc) is 2.32. The molecule has 0 saturated heterocycles. The van der Waals surface area contributed by atoms with E-state index in [-0.39, 0.29) is 12.1 Å². The fourth-order valence-corrected chi connectivity index (χ4v) is 2.31. The number of rotatable bonds is 5. The van der Waals surface area contributed by atoms with Gasteiger partial charge in [-0.05, 0) is 31.7 Å². The molecule has 1 aromatic carbocycles. The van der Waals surface area contributed by atoms with Gasteiger partial charge < -0.3 is 10.4 Å². The van der Waals surface area contributed by atoms with Crippen molar-refractivity contribution >= 4 is 17.7 Å². The highest BCUT2D eigenvalue weighted by molar-refractivity contribution is 7.98. The Labute approximate surface area is 115 Å². The monoisotopic (exact) mass is 289 g/mol. The van der Waals surface area contributed by atoms with Crippen molar-refractivity contribution in [3.8, 4) is 0 Å². The van der Waals surface area contributed by atoms with E-state index in [1.165, 1.54) is 24.8 Å². The number of benzene rings is 1. The number of hydrogen-bond donors (Lipinski definition) is 2. The summed E-state index contributed by atoms with van der Waals surface area (Å²) in [6, 6.07) is 2.32. The molecule has 1 amide bonds. The van der Waals surface area contributed by atoms with E-state index in [0.717, 1.165) is 6.07 Å². The third-order valence-corrected chi connectivity index (χ3v) is 3.51. The maximum Gasteiger partial charge on any atom is 0.257 e. The van der Waals surface area contributed by atoms with Gasteiger partial charge >= 0.3 is 0 Å². The minimum atomic E-state index is -1.12. The van der Waals surface area contributed by atoms with Crippen LogP contribution < -0.4 is 5.32 Å². The first-order valence-corrected chi connectivity index (χ1v) is 7.12. The molecule has 0 heterocycles. The van der Waals surface area contributed by atoms with Gasteiger partial charge in [-0.1, -0.05) is 6.07 Å². The summed E-state index contributed by atoms with van der Waals surface area (Å²) in [5.41, 5.74) is -1.53. The molecular weight excluding hydrogens is 272 g/mol. The molecule has 6 heteroatoms. The van der Waals surface area contributed by atoms with E-state index < -0.39 is 28.7 Å². The molecule has 0 aliphatic rings. The number of amides is 1. The van der Waals surface area contributed by atoms with Crippen molar-refractivity contribution in [3.63, 3.8) is 0 Å². The van der Waals surface area contributed by atoms with Gasteiger partial charge in [-0.3, -0.25) is 4.79 Å². The van der Waals surface area contributed by atoms with Gasteiger partial charge in [-0.25, -0.2) is 8.78 Å².